The Labute approximate surface area is 127 Å². The van der Waals surface area contributed by atoms with E-state index in [0.717, 1.165) is 25.8 Å². The van der Waals surface area contributed by atoms with E-state index in [2.05, 4.69) is 5.32 Å². The lowest BCUT2D eigenvalue weighted by Gasteiger charge is -2.31. The van der Waals surface area contributed by atoms with Crippen LogP contribution in [-0.2, 0) is 19.4 Å². The molecule has 21 heavy (non-hydrogen) atoms. The second kappa shape index (κ2) is 7.56. The van der Waals surface area contributed by atoms with Gasteiger partial charge in [-0.3, -0.25) is 4.79 Å². The highest BCUT2D eigenvalue weighted by Gasteiger charge is 2.37. The first-order valence-electron chi connectivity index (χ1n) is 7.77. The van der Waals surface area contributed by atoms with Crippen molar-refractivity contribution in [3.63, 3.8) is 0 Å². The van der Waals surface area contributed by atoms with Crippen molar-refractivity contribution in [2.45, 2.75) is 43.4 Å². The summed E-state index contributed by atoms with van der Waals surface area (Å²) >= 11 is 0. The van der Waals surface area contributed by atoms with Crippen LogP contribution in [0.2, 0.25) is 0 Å². The number of carbonyl (C=O) groups is 1. The fourth-order valence-corrected chi connectivity index (χ4v) is 4.98. The maximum absolute atomic E-state index is 12.7. The molecule has 0 bridgehead atoms. The molecule has 0 radical (unpaired) electrons. The van der Waals surface area contributed by atoms with Crippen LogP contribution in [0.15, 0.2) is 0 Å². The Balaban J connectivity index is 2.04. The van der Waals surface area contributed by atoms with Gasteiger partial charge >= 0.3 is 0 Å². The zero-order valence-electron chi connectivity index (χ0n) is 12.7. The van der Waals surface area contributed by atoms with Crippen molar-refractivity contribution >= 4 is 15.7 Å². The second-order valence-corrected chi connectivity index (χ2v) is 8.22. The van der Waals surface area contributed by atoms with E-state index >= 15 is 0 Å². The third kappa shape index (κ3) is 4.40. The molecular weight excluding hydrogens is 292 g/mol. The summed E-state index contributed by atoms with van der Waals surface area (Å²) in [7, 11) is -1.69. The highest BCUT2D eigenvalue weighted by Crippen LogP contribution is 2.22. The van der Waals surface area contributed by atoms with E-state index < -0.39 is 15.1 Å². The monoisotopic (exact) mass is 318 g/mol. The molecule has 0 saturated carbocycles. The van der Waals surface area contributed by atoms with Crippen molar-refractivity contribution in [3.05, 3.63) is 0 Å². The summed E-state index contributed by atoms with van der Waals surface area (Å²) < 4.78 is 29.4. The van der Waals surface area contributed by atoms with Crippen molar-refractivity contribution in [2.24, 2.45) is 0 Å². The molecule has 2 aliphatic rings. The third-order valence-electron chi connectivity index (χ3n) is 4.33. The molecule has 0 aromatic carbocycles. The molecule has 0 aliphatic carbocycles. The Kier molecular flexibility index (Phi) is 6.01. The number of nitrogens with zero attached hydrogens (tertiary/aromatic N) is 1. The van der Waals surface area contributed by atoms with Crippen LogP contribution in [0.1, 0.15) is 32.1 Å². The van der Waals surface area contributed by atoms with Crippen LogP contribution < -0.4 is 5.32 Å². The summed E-state index contributed by atoms with van der Waals surface area (Å²) in [5.41, 5.74) is 0. The molecule has 2 fully saturated rings. The highest BCUT2D eigenvalue weighted by atomic mass is 32.2. The van der Waals surface area contributed by atoms with E-state index in [1.165, 1.54) is 0 Å². The summed E-state index contributed by atoms with van der Waals surface area (Å²) in [6.45, 7) is 2.44. The molecule has 1 amide bonds. The molecule has 122 valence electrons. The molecule has 7 heteroatoms. The first-order valence-corrected chi connectivity index (χ1v) is 9.49. The molecule has 0 spiro atoms. The lowest BCUT2D eigenvalue weighted by Crippen LogP contribution is -2.50. The van der Waals surface area contributed by atoms with Gasteiger partial charge in [-0.1, -0.05) is 6.42 Å². The molecule has 2 unspecified atom stereocenters. The number of hydrogen-bond donors (Lipinski definition) is 1. The van der Waals surface area contributed by atoms with Crippen LogP contribution >= 0.6 is 0 Å². The lowest BCUT2D eigenvalue weighted by atomic mass is 10.1. The Morgan fingerprint density at radius 3 is 2.71 bits per heavy atom. The standard InChI is InChI=1S/C14H26N2O4S/c1-20-9-8-16(11-12-5-4-7-15-12)14(17)13-6-2-3-10-21(13,18)19/h12-13,15H,2-11H2,1H3. The Bertz CT molecular complexity index is 446. The van der Waals surface area contributed by atoms with Crippen LogP contribution in [-0.4, -0.2) is 69.6 Å². The van der Waals surface area contributed by atoms with Gasteiger partial charge in [0.15, 0.2) is 9.84 Å². The minimum Gasteiger partial charge on any atom is -0.383 e. The number of carbonyl (C=O) groups excluding carboxylic acids is 1. The number of rotatable bonds is 6. The molecule has 2 aliphatic heterocycles. The highest BCUT2D eigenvalue weighted by molar-refractivity contribution is 7.92. The molecule has 2 rings (SSSR count). The smallest absolute Gasteiger partial charge is 0.241 e. The first kappa shape index (κ1) is 16.7. The van der Waals surface area contributed by atoms with Gasteiger partial charge in [-0.05, 0) is 32.2 Å². The van der Waals surface area contributed by atoms with Crippen LogP contribution in [0, 0.1) is 0 Å². The van der Waals surface area contributed by atoms with E-state index in [1.807, 2.05) is 0 Å². The minimum atomic E-state index is -3.28. The average Bonchev–Trinajstić information content (AvgIpc) is 2.95. The topological polar surface area (TPSA) is 75.7 Å². The fraction of sp³-hybridized carbons (Fsp3) is 0.929. The first-order chi connectivity index (χ1) is 10.0. The SMILES string of the molecule is COCCN(CC1CCCN1)C(=O)C1CCCCS1(=O)=O. The number of ether oxygens (including phenoxy) is 1. The predicted molar refractivity (Wildman–Crippen MR) is 80.9 cm³/mol. The van der Waals surface area contributed by atoms with Gasteiger partial charge in [0.2, 0.25) is 5.91 Å². The molecule has 2 saturated heterocycles. The van der Waals surface area contributed by atoms with Gasteiger partial charge in [0.1, 0.15) is 5.25 Å². The van der Waals surface area contributed by atoms with E-state index in [4.69, 9.17) is 4.74 Å². The third-order valence-corrected chi connectivity index (χ3v) is 6.50. The van der Waals surface area contributed by atoms with Crippen LogP contribution in [0.5, 0.6) is 0 Å². The van der Waals surface area contributed by atoms with Crippen molar-refractivity contribution in [3.8, 4) is 0 Å². The Hall–Kier alpha value is -0.660. The van der Waals surface area contributed by atoms with Gasteiger partial charge in [-0.15, -0.1) is 0 Å². The van der Waals surface area contributed by atoms with Crippen LogP contribution in [0.25, 0.3) is 0 Å². The quantitative estimate of drug-likeness (QED) is 0.756. The maximum atomic E-state index is 12.7. The van der Waals surface area contributed by atoms with Gasteiger partial charge in [-0.2, -0.15) is 0 Å². The van der Waals surface area contributed by atoms with E-state index in [9.17, 15) is 13.2 Å². The number of amides is 1. The molecule has 6 nitrogen and oxygen atoms in total. The van der Waals surface area contributed by atoms with Crippen molar-refractivity contribution in [2.75, 3.05) is 39.1 Å². The van der Waals surface area contributed by atoms with Crippen molar-refractivity contribution in [1.29, 1.82) is 0 Å². The zero-order valence-corrected chi connectivity index (χ0v) is 13.5. The summed E-state index contributed by atoms with van der Waals surface area (Å²) in [6, 6.07) is 0.275. The molecule has 2 atom stereocenters. The molecule has 0 aromatic rings. The molecule has 1 N–H and O–H groups in total. The summed E-state index contributed by atoms with van der Waals surface area (Å²) in [5, 5.41) is 2.51. The van der Waals surface area contributed by atoms with Crippen LogP contribution in [0.3, 0.4) is 0 Å². The number of hydrogen-bond acceptors (Lipinski definition) is 5. The Morgan fingerprint density at radius 1 is 1.29 bits per heavy atom. The molecule has 2 heterocycles. The minimum absolute atomic E-state index is 0.142. The van der Waals surface area contributed by atoms with Gasteiger partial charge in [0, 0.05) is 26.2 Å². The van der Waals surface area contributed by atoms with Crippen molar-refractivity contribution < 1.29 is 17.9 Å². The van der Waals surface area contributed by atoms with Gasteiger partial charge in [0.05, 0.1) is 12.4 Å². The Morgan fingerprint density at radius 2 is 2.10 bits per heavy atom. The second-order valence-electron chi connectivity index (χ2n) is 5.92. The molecule has 0 aromatic heterocycles. The van der Waals surface area contributed by atoms with Gasteiger partial charge in [0.25, 0.3) is 0 Å². The van der Waals surface area contributed by atoms with Crippen LogP contribution in [0.4, 0.5) is 0 Å². The normalized spacial score (nSPS) is 28.4. The van der Waals surface area contributed by atoms with E-state index in [0.29, 0.717) is 32.5 Å². The van der Waals surface area contributed by atoms with Gasteiger partial charge in [-0.25, -0.2) is 8.42 Å². The molecular formula is C14H26N2O4S. The maximum Gasteiger partial charge on any atom is 0.241 e. The summed E-state index contributed by atoms with van der Waals surface area (Å²) in [6.07, 6.45) is 4.10. The predicted octanol–water partition coefficient (Wildman–Crippen LogP) is 0.181. The van der Waals surface area contributed by atoms with E-state index in [1.54, 1.807) is 12.0 Å². The largest absolute Gasteiger partial charge is 0.383 e. The fourth-order valence-electron chi connectivity index (χ4n) is 3.11. The summed E-state index contributed by atoms with van der Waals surface area (Å²) in [4.78, 5) is 14.4. The zero-order chi connectivity index (χ0) is 15.3. The van der Waals surface area contributed by atoms with Gasteiger partial charge < -0.3 is 15.0 Å². The van der Waals surface area contributed by atoms with Crippen molar-refractivity contribution in [1.82, 2.24) is 10.2 Å². The number of nitrogens with one attached hydrogen (secondary N) is 1. The van der Waals surface area contributed by atoms with E-state index in [-0.39, 0.29) is 17.7 Å². The number of sulfone groups is 1. The summed E-state index contributed by atoms with van der Waals surface area (Å²) in [5.74, 6) is -0.0936. The average molecular weight is 318 g/mol. The lowest BCUT2D eigenvalue weighted by molar-refractivity contribution is -0.132. The number of methoxy groups -OCH3 is 1.